The second kappa shape index (κ2) is 11.9. The van der Waals surface area contributed by atoms with Crippen molar-refractivity contribution in [1.29, 1.82) is 0 Å². The molecule has 0 radical (unpaired) electrons. The van der Waals surface area contributed by atoms with E-state index in [2.05, 4.69) is 32.1 Å². The number of carbonyl (C=O) groups excluding carboxylic acids is 3. The van der Waals surface area contributed by atoms with Crippen LogP contribution in [0.1, 0.15) is 51.1 Å². The monoisotopic (exact) mass is 570 g/mol. The number of imidazole rings is 1. The van der Waals surface area contributed by atoms with Gasteiger partial charge in [0, 0.05) is 45.9 Å². The maximum Gasteiger partial charge on any atom is 0.411 e. The third-order valence-corrected chi connectivity index (χ3v) is 7.70. The fourth-order valence-corrected chi connectivity index (χ4v) is 5.26. The van der Waals surface area contributed by atoms with Gasteiger partial charge in [0.15, 0.2) is 30.0 Å². The van der Waals surface area contributed by atoms with Gasteiger partial charge in [-0.05, 0) is 31.6 Å². The van der Waals surface area contributed by atoms with Crippen LogP contribution in [-0.4, -0.2) is 109 Å². The van der Waals surface area contributed by atoms with Gasteiger partial charge >= 0.3 is 6.09 Å². The molecule has 0 aromatic carbocycles. The van der Waals surface area contributed by atoms with E-state index in [1.54, 1.807) is 18.9 Å². The molecule has 0 aliphatic carbocycles. The van der Waals surface area contributed by atoms with Crippen molar-refractivity contribution in [1.82, 2.24) is 34.6 Å². The number of hydrogen-bond donors (Lipinski definition) is 4. The highest BCUT2D eigenvalue weighted by molar-refractivity contribution is 5.83. The highest BCUT2D eigenvalue weighted by atomic mass is 16.6. The molecule has 5 rings (SSSR count). The molecule has 2 aromatic rings. The number of aliphatic hydroxyl groups excluding tert-OH is 2. The minimum Gasteiger partial charge on any atom is -0.425 e. The summed E-state index contributed by atoms with van der Waals surface area (Å²) >= 11 is 0. The van der Waals surface area contributed by atoms with E-state index in [1.807, 2.05) is 0 Å². The first kappa shape index (κ1) is 28.5. The van der Waals surface area contributed by atoms with Crippen molar-refractivity contribution in [2.45, 2.75) is 69.8 Å². The summed E-state index contributed by atoms with van der Waals surface area (Å²) in [6.07, 6.45) is -1.81. The van der Waals surface area contributed by atoms with Crippen molar-refractivity contribution in [2.24, 2.45) is 5.92 Å². The van der Waals surface area contributed by atoms with Crippen molar-refractivity contribution in [3.05, 3.63) is 12.2 Å². The Hall–Kier alpha value is -4.00. The van der Waals surface area contributed by atoms with Crippen LogP contribution in [0.25, 0.3) is 11.2 Å². The summed E-state index contributed by atoms with van der Waals surface area (Å²) in [7, 11) is 1.64. The van der Waals surface area contributed by atoms with Crippen LogP contribution in [0, 0.1) is 17.8 Å². The molecule has 5 heterocycles. The Bertz CT molecular complexity index is 1380. The molecular weight excluding hydrogens is 536 g/mol. The Morgan fingerprint density at radius 1 is 1.22 bits per heavy atom. The molecule has 41 heavy (non-hydrogen) atoms. The topological polar surface area (TPSA) is 198 Å². The van der Waals surface area contributed by atoms with Crippen LogP contribution in [0.2, 0.25) is 0 Å². The van der Waals surface area contributed by atoms with Gasteiger partial charge in [0.05, 0.1) is 6.33 Å². The zero-order chi connectivity index (χ0) is 29.3. The molecule has 0 bridgehead atoms. The summed E-state index contributed by atoms with van der Waals surface area (Å²) in [5.41, 5.74) is 6.62. The first-order valence-electron chi connectivity index (χ1n) is 13.7. The predicted octanol–water partition coefficient (Wildman–Crippen LogP) is -0.668. The van der Waals surface area contributed by atoms with Crippen molar-refractivity contribution in [3.8, 4) is 11.8 Å². The number of likely N-dealkylation sites (tertiary alicyclic amines) is 2. The summed E-state index contributed by atoms with van der Waals surface area (Å²) in [4.78, 5) is 52.4. The number of nitrogens with one attached hydrogen (secondary N) is 1. The summed E-state index contributed by atoms with van der Waals surface area (Å²) < 4.78 is 12.6. The molecule has 2 aromatic heterocycles. The normalized spacial score (nSPS) is 26.7. The Morgan fingerprint density at radius 3 is 2.66 bits per heavy atom. The van der Waals surface area contributed by atoms with E-state index < -0.39 is 42.8 Å². The van der Waals surface area contributed by atoms with E-state index in [9.17, 15) is 24.6 Å². The van der Waals surface area contributed by atoms with Gasteiger partial charge in [0.1, 0.15) is 17.7 Å². The molecule has 220 valence electrons. The Balaban J connectivity index is 1.20. The van der Waals surface area contributed by atoms with E-state index in [0.717, 1.165) is 12.8 Å². The lowest BCUT2D eigenvalue weighted by atomic mass is 9.94. The van der Waals surface area contributed by atoms with Crippen LogP contribution in [0.4, 0.5) is 10.6 Å². The average Bonchev–Trinajstić information content (AvgIpc) is 3.61. The molecule has 0 saturated carbocycles. The summed E-state index contributed by atoms with van der Waals surface area (Å²) in [6, 6.07) is 0. The third-order valence-electron chi connectivity index (χ3n) is 7.70. The number of carbonyl (C=O) groups is 3. The van der Waals surface area contributed by atoms with Gasteiger partial charge in [-0.2, -0.15) is 0 Å². The van der Waals surface area contributed by atoms with Gasteiger partial charge < -0.3 is 40.5 Å². The third kappa shape index (κ3) is 5.76. The molecule has 3 amide bonds. The number of piperidine rings is 1. The van der Waals surface area contributed by atoms with Gasteiger partial charge in [-0.25, -0.2) is 19.7 Å². The number of aromatic nitrogens is 4. The molecule has 3 saturated heterocycles. The summed E-state index contributed by atoms with van der Waals surface area (Å²) in [6.45, 7) is 3.16. The van der Waals surface area contributed by atoms with Crippen molar-refractivity contribution in [2.75, 3.05) is 32.4 Å². The summed E-state index contributed by atoms with van der Waals surface area (Å²) in [5.74, 6) is 5.98. The lowest BCUT2D eigenvalue weighted by Crippen LogP contribution is -2.42. The molecule has 5 atom stereocenters. The average molecular weight is 571 g/mol. The number of ether oxygens (including phenoxy) is 2. The smallest absolute Gasteiger partial charge is 0.411 e. The number of anilines is 1. The fourth-order valence-electron chi connectivity index (χ4n) is 5.26. The SMILES string of the molecule is CCNC(=O)[C@H]1O[C@@H](n2cnc3c(N)nc(C#CCC4CCN(C(=O)OC5CCC(=O)N5C)CC4)nc32)C(O)[C@H]1O. The predicted molar refractivity (Wildman–Crippen MR) is 142 cm³/mol. The molecule has 3 aliphatic rings. The molecular formula is C26H34N8O7. The van der Waals surface area contributed by atoms with Gasteiger partial charge in [0.25, 0.3) is 5.91 Å². The molecule has 3 aliphatic heterocycles. The van der Waals surface area contributed by atoms with Gasteiger partial charge in [0.2, 0.25) is 11.7 Å². The van der Waals surface area contributed by atoms with Crippen LogP contribution >= 0.6 is 0 Å². The fraction of sp³-hybridized carbons (Fsp3) is 0.615. The standard InChI is InChI=1S/C26H34N8O7/c1-3-28-24(38)21-19(36)20(37)25(41-21)34-13-29-18-22(27)30-15(31-23(18)34)6-4-5-14-9-11-33(12-10-14)26(39)40-17-8-7-16(35)32(17)2/h13-14,17,19-21,25,36-37H,3,5,7-12H2,1-2H3,(H,28,38)(H2,27,30,31)/t17?,19-,20?,21+,25-/m1/s1. The number of fused-ring (bicyclic) bond motifs is 1. The molecule has 3 fully saturated rings. The first-order chi connectivity index (χ1) is 19.7. The number of hydrogen-bond acceptors (Lipinski definition) is 11. The maximum atomic E-state index is 12.5. The van der Waals surface area contributed by atoms with Crippen molar-refractivity contribution >= 4 is 34.9 Å². The molecule has 2 unspecified atom stereocenters. The van der Waals surface area contributed by atoms with Gasteiger partial charge in [-0.3, -0.25) is 14.2 Å². The minimum atomic E-state index is -1.44. The van der Waals surface area contributed by atoms with Crippen LogP contribution in [0.15, 0.2) is 6.33 Å². The highest BCUT2D eigenvalue weighted by Gasteiger charge is 2.47. The largest absolute Gasteiger partial charge is 0.425 e. The number of likely N-dealkylation sites (N-methyl/N-ethyl adjacent to an activating group) is 1. The molecule has 15 heteroatoms. The number of rotatable bonds is 5. The summed E-state index contributed by atoms with van der Waals surface area (Å²) in [5, 5.41) is 23.5. The second-order valence-electron chi connectivity index (χ2n) is 10.4. The lowest BCUT2D eigenvalue weighted by molar-refractivity contribution is -0.137. The van der Waals surface area contributed by atoms with E-state index in [0.29, 0.717) is 38.9 Å². The van der Waals surface area contributed by atoms with Crippen LogP contribution in [0.5, 0.6) is 0 Å². The quantitative estimate of drug-likeness (QED) is 0.333. The second-order valence-corrected chi connectivity index (χ2v) is 10.4. The zero-order valence-electron chi connectivity index (χ0n) is 22.9. The maximum absolute atomic E-state index is 12.5. The number of amides is 3. The van der Waals surface area contributed by atoms with E-state index >= 15 is 0 Å². The first-order valence-corrected chi connectivity index (χ1v) is 13.7. The minimum absolute atomic E-state index is 0.0252. The van der Waals surface area contributed by atoms with Crippen molar-refractivity contribution in [3.63, 3.8) is 0 Å². The molecule has 0 spiro atoms. The number of nitrogen functional groups attached to an aromatic ring is 1. The molecule has 5 N–H and O–H groups in total. The lowest BCUT2D eigenvalue weighted by Gasteiger charge is -2.32. The van der Waals surface area contributed by atoms with Gasteiger partial charge in [-0.15, -0.1) is 0 Å². The molecule has 15 nitrogen and oxygen atoms in total. The van der Waals surface area contributed by atoms with E-state index in [1.165, 1.54) is 15.8 Å². The van der Waals surface area contributed by atoms with E-state index in [4.69, 9.17) is 15.2 Å². The van der Waals surface area contributed by atoms with Crippen molar-refractivity contribution < 1.29 is 34.1 Å². The number of nitrogens with two attached hydrogens (primary N) is 1. The Kier molecular flexibility index (Phi) is 8.25. The van der Waals surface area contributed by atoms with Crippen LogP contribution in [-0.2, 0) is 19.1 Å². The number of aliphatic hydroxyl groups is 2. The van der Waals surface area contributed by atoms with Gasteiger partial charge in [-0.1, -0.05) is 5.92 Å². The zero-order valence-corrected chi connectivity index (χ0v) is 22.9. The number of nitrogens with zero attached hydrogens (tertiary/aromatic N) is 6. The Labute approximate surface area is 236 Å². The van der Waals surface area contributed by atoms with Crippen LogP contribution in [0.3, 0.4) is 0 Å². The van der Waals surface area contributed by atoms with E-state index in [-0.39, 0.29) is 34.6 Å². The Morgan fingerprint density at radius 2 is 1.98 bits per heavy atom. The van der Waals surface area contributed by atoms with Crippen LogP contribution < -0.4 is 11.1 Å². The highest BCUT2D eigenvalue weighted by Crippen LogP contribution is 2.32.